The second-order valence-electron chi connectivity index (χ2n) is 5.37. The number of carboxylic acids is 1. The summed E-state index contributed by atoms with van der Waals surface area (Å²) in [6.07, 6.45) is 5.34. The van der Waals surface area contributed by atoms with Gasteiger partial charge in [0.05, 0.1) is 12.5 Å². The van der Waals surface area contributed by atoms with Gasteiger partial charge in [0.1, 0.15) is 0 Å². The van der Waals surface area contributed by atoms with Crippen LogP contribution < -0.4 is 0 Å². The Morgan fingerprint density at radius 2 is 2.17 bits per heavy atom. The van der Waals surface area contributed by atoms with Crippen LogP contribution >= 0.6 is 0 Å². The van der Waals surface area contributed by atoms with Crippen molar-refractivity contribution in [3.8, 4) is 0 Å². The number of aromatic nitrogens is 4. The van der Waals surface area contributed by atoms with Crippen molar-refractivity contribution in [2.45, 2.75) is 63.8 Å². The maximum Gasteiger partial charge on any atom is 0.305 e. The van der Waals surface area contributed by atoms with Crippen LogP contribution in [-0.4, -0.2) is 31.3 Å². The number of nitrogens with zero attached hydrogens (tertiary/aromatic N) is 4. The molecular weight excluding hydrogens is 232 g/mol. The Bertz CT molecular complexity index is 423. The minimum Gasteiger partial charge on any atom is -0.481 e. The molecule has 1 saturated carbocycles. The lowest BCUT2D eigenvalue weighted by molar-refractivity contribution is -0.138. The van der Waals surface area contributed by atoms with Crippen molar-refractivity contribution in [2.24, 2.45) is 0 Å². The molecule has 1 heterocycles. The summed E-state index contributed by atoms with van der Waals surface area (Å²) in [7, 11) is 0. The van der Waals surface area contributed by atoms with Crippen molar-refractivity contribution >= 4 is 5.97 Å². The first-order valence-electron chi connectivity index (χ1n) is 6.57. The van der Waals surface area contributed by atoms with Crippen molar-refractivity contribution in [1.29, 1.82) is 0 Å². The second kappa shape index (κ2) is 5.04. The van der Waals surface area contributed by atoms with Gasteiger partial charge in [0.15, 0.2) is 5.82 Å². The highest BCUT2D eigenvalue weighted by atomic mass is 16.4. The zero-order valence-corrected chi connectivity index (χ0v) is 11.0. The maximum atomic E-state index is 10.9. The molecular formula is C12H20N4O2. The van der Waals surface area contributed by atoms with E-state index >= 15 is 0 Å². The fraction of sp³-hybridized carbons (Fsp3) is 0.833. The minimum absolute atomic E-state index is 0.00935. The summed E-state index contributed by atoms with van der Waals surface area (Å²) in [5, 5.41) is 20.9. The third-order valence-electron chi connectivity index (χ3n) is 3.97. The summed E-state index contributed by atoms with van der Waals surface area (Å²) in [5.41, 5.74) is 0.00935. The molecule has 0 aromatic carbocycles. The Kier molecular flexibility index (Phi) is 3.63. The van der Waals surface area contributed by atoms with Crippen LogP contribution in [0.3, 0.4) is 0 Å². The van der Waals surface area contributed by atoms with Gasteiger partial charge in [0.2, 0.25) is 0 Å². The molecule has 0 spiro atoms. The quantitative estimate of drug-likeness (QED) is 0.866. The third-order valence-corrected chi connectivity index (χ3v) is 3.97. The highest BCUT2D eigenvalue weighted by Gasteiger charge is 2.37. The Labute approximate surface area is 106 Å². The summed E-state index contributed by atoms with van der Waals surface area (Å²) in [6.45, 7) is 4.14. The molecule has 0 radical (unpaired) electrons. The Morgan fingerprint density at radius 3 is 2.72 bits per heavy atom. The number of carboxylic acid groups (broad SMARTS) is 1. The molecule has 1 unspecified atom stereocenters. The molecule has 2 rings (SSSR count). The predicted octanol–water partition coefficient (Wildman–Crippen LogP) is 1.93. The van der Waals surface area contributed by atoms with Crippen LogP contribution in [0.25, 0.3) is 0 Å². The number of tetrazole rings is 1. The maximum absolute atomic E-state index is 10.9. The van der Waals surface area contributed by atoms with Crippen molar-refractivity contribution in [3.05, 3.63) is 5.82 Å². The fourth-order valence-electron chi connectivity index (χ4n) is 2.82. The first-order valence-corrected chi connectivity index (χ1v) is 6.57. The van der Waals surface area contributed by atoms with Crippen LogP contribution in [0.15, 0.2) is 0 Å². The van der Waals surface area contributed by atoms with Crippen LogP contribution in [-0.2, 0) is 10.2 Å². The van der Waals surface area contributed by atoms with Gasteiger partial charge in [-0.15, -0.1) is 5.10 Å². The van der Waals surface area contributed by atoms with E-state index in [1.165, 1.54) is 12.8 Å². The van der Waals surface area contributed by atoms with Gasteiger partial charge in [-0.25, -0.2) is 4.68 Å². The van der Waals surface area contributed by atoms with E-state index in [4.69, 9.17) is 5.11 Å². The summed E-state index contributed by atoms with van der Waals surface area (Å²) < 4.78 is 1.74. The molecule has 0 aliphatic heterocycles. The standard InChI is InChI=1S/C12H20N4O2/c1-3-9(8-10(17)18)16-11(13-14-15-16)12(2)6-4-5-7-12/h9H,3-8H2,1-2H3,(H,17,18). The molecule has 6 heteroatoms. The van der Waals surface area contributed by atoms with Crippen LogP contribution in [0.5, 0.6) is 0 Å². The monoisotopic (exact) mass is 252 g/mol. The fourth-order valence-corrected chi connectivity index (χ4v) is 2.82. The Balaban J connectivity index is 2.28. The van der Waals surface area contributed by atoms with E-state index in [1.807, 2.05) is 6.92 Å². The molecule has 18 heavy (non-hydrogen) atoms. The first kappa shape index (κ1) is 13.0. The average molecular weight is 252 g/mol. The third kappa shape index (κ3) is 2.37. The van der Waals surface area contributed by atoms with E-state index in [0.29, 0.717) is 0 Å². The van der Waals surface area contributed by atoms with Gasteiger partial charge >= 0.3 is 5.97 Å². The Hall–Kier alpha value is -1.46. The van der Waals surface area contributed by atoms with Crippen molar-refractivity contribution in [3.63, 3.8) is 0 Å². The van der Waals surface area contributed by atoms with E-state index in [1.54, 1.807) is 4.68 Å². The molecule has 1 aliphatic rings. The van der Waals surface area contributed by atoms with Crippen molar-refractivity contribution in [1.82, 2.24) is 20.2 Å². The number of hydrogen-bond donors (Lipinski definition) is 1. The van der Waals surface area contributed by atoms with Gasteiger partial charge in [-0.2, -0.15) is 0 Å². The molecule has 1 aliphatic carbocycles. The molecule has 6 nitrogen and oxygen atoms in total. The normalized spacial score (nSPS) is 19.9. The van der Waals surface area contributed by atoms with Gasteiger partial charge in [-0.05, 0) is 29.7 Å². The van der Waals surface area contributed by atoms with E-state index in [9.17, 15) is 4.79 Å². The highest BCUT2D eigenvalue weighted by Crippen LogP contribution is 2.40. The SMILES string of the molecule is CCC(CC(=O)O)n1nnnc1C1(C)CCCC1. The second-order valence-corrected chi connectivity index (χ2v) is 5.37. The summed E-state index contributed by atoms with van der Waals surface area (Å²) in [5.74, 6) is 0.0491. The van der Waals surface area contributed by atoms with E-state index < -0.39 is 5.97 Å². The zero-order valence-electron chi connectivity index (χ0n) is 11.0. The minimum atomic E-state index is -0.806. The highest BCUT2D eigenvalue weighted by molar-refractivity contribution is 5.67. The predicted molar refractivity (Wildman–Crippen MR) is 65.2 cm³/mol. The number of rotatable bonds is 5. The molecule has 0 amide bonds. The molecule has 1 atom stereocenters. The van der Waals surface area contributed by atoms with Crippen molar-refractivity contribution in [2.75, 3.05) is 0 Å². The lowest BCUT2D eigenvalue weighted by atomic mass is 9.87. The number of aliphatic carboxylic acids is 1. The summed E-state index contributed by atoms with van der Waals surface area (Å²) >= 11 is 0. The molecule has 0 bridgehead atoms. The van der Waals surface area contributed by atoms with Gasteiger partial charge in [0, 0.05) is 5.41 Å². The van der Waals surface area contributed by atoms with Crippen LogP contribution in [0.2, 0.25) is 0 Å². The van der Waals surface area contributed by atoms with Crippen LogP contribution in [0, 0.1) is 0 Å². The summed E-state index contributed by atoms with van der Waals surface area (Å²) in [4.78, 5) is 10.9. The topological polar surface area (TPSA) is 80.9 Å². The molecule has 1 fully saturated rings. The largest absolute Gasteiger partial charge is 0.481 e. The van der Waals surface area contributed by atoms with E-state index in [0.717, 1.165) is 25.1 Å². The molecule has 1 N–H and O–H groups in total. The lowest BCUT2D eigenvalue weighted by Gasteiger charge is -2.24. The summed E-state index contributed by atoms with van der Waals surface area (Å²) in [6, 6.07) is -0.148. The van der Waals surface area contributed by atoms with E-state index in [2.05, 4.69) is 22.4 Å². The molecule has 100 valence electrons. The number of carbonyl (C=O) groups is 1. The molecule has 0 saturated heterocycles. The van der Waals surface area contributed by atoms with Crippen LogP contribution in [0.4, 0.5) is 0 Å². The lowest BCUT2D eigenvalue weighted by Crippen LogP contribution is -2.27. The van der Waals surface area contributed by atoms with Crippen LogP contribution in [0.1, 0.15) is 64.2 Å². The smallest absolute Gasteiger partial charge is 0.305 e. The van der Waals surface area contributed by atoms with Gasteiger partial charge < -0.3 is 5.11 Å². The average Bonchev–Trinajstić information content (AvgIpc) is 2.94. The Morgan fingerprint density at radius 1 is 1.50 bits per heavy atom. The van der Waals surface area contributed by atoms with Crippen molar-refractivity contribution < 1.29 is 9.90 Å². The van der Waals surface area contributed by atoms with Gasteiger partial charge in [-0.3, -0.25) is 4.79 Å². The molecule has 1 aromatic heterocycles. The zero-order chi connectivity index (χ0) is 13.2. The first-order chi connectivity index (χ1) is 8.57. The van der Waals surface area contributed by atoms with E-state index in [-0.39, 0.29) is 17.9 Å². The molecule has 1 aromatic rings. The number of hydrogen-bond acceptors (Lipinski definition) is 4. The van der Waals surface area contributed by atoms with Gasteiger partial charge in [0.25, 0.3) is 0 Å². The van der Waals surface area contributed by atoms with Gasteiger partial charge in [-0.1, -0.05) is 26.7 Å².